The van der Waals surface area contributed by atoms with E-state index in [1.165, 1.54) is 35.3 Å². The molecule has 2 aliphatic carbocycles. The van der Waals surface area contributed by atoms with E-state index in [2.05, 4.69) is 35.3 Å². The molecule has 0 saturated heterocycles. The van der Waals surface area contributed by atoms with E-state index in [-0.39, 0.29) is 29.8 Å². The number of aryl methyl sites for hydroxylation is 1. The van der Waals surface area contributed by atoms with Gasteiger partial charge in [0, 0.05) is 6.54 Å². The van der Waals surface area contributed by atoms with Crippen LogP contribution in [0.5, 0.6) is 0 Å². The van der Waals surface area contributed by atoms with Crippen molar-refractivity contribution in [2.75, 3.05) is 6.54 Å². The molecule has 6 rings (SSSR count). The van der Waals surface area contributed by atoms with Gasteiger partial charge in [0.05, 0.1) is 35.2 Å². The number of allylic oxidation sites excluding steroid dienone is 2. The highest BCUT2D eigenvalue weighted by Gasteiger charge is 2.49. The van der Waals surface area contributed by atoms with Gasteiger partial charge < -0.3 is 9.88 Å². The van der Waals surface area contributed by atoms with Crippen LogP contribution in [0.2, 0.25) is 0 Å². The summed E-state index contributed by atoms with van der Waals surface area (Å²) in [6.07, 6.45) is 4.11. The number of hydrogen-bond donors (Lipinski definition) is 1. The summed E-state index contributed by atoms with van der Waals surface area (Å²) in [7, 11) is 0. The van der Waals surface area contributed by atoms with Crippen molar-refractivity contribution in [1.29, 1.82) is 0 Å². The Morgan fingerprint density at radius 3 is 2.62 bits per heavy atom. The SMILES string of the molecule is O=C(Cc1cccc(C(F)(F)F)c1)N1CCCc2nc(C3(c4cccc(C5=CCCC5)c4)CC3)[nH]c(=O)c2C1. The molecule has 0 radical (unpaired) electrons. The summed E-state index contributed by atoms with van der Waals surface area (Å²) in [5.74, 6) is 0.384. The lowest BCUT2D eigenvalue weighted by atomic mass is 9.91. The maximum atomic E-state index is 13.3. The van der Waals surface area contributed by atoms with Crippen molar-refractivity contribution in [2.24, 2.45) is 0 Å². The van der Waals surface area contributed by atoms with Crippen molar-refractivity contribution in [3.63, 3.8) is 0 Å². The third-order valence-corrected chi connectivity index (χ3v) is 8.28. The number of benzene rings is 2. The molecule has 1 aliphatic heterocycles. The van der Waals surface area contributed by atoms with Crippen molar-refractivity contribution >= 4 is 11.5 Å². The predicted molar refractivity (Wildman–Crippen MR) is 142 cm³/mol. The van der Waals surface area contributed by atoms with E-state index in [1.807, 2.05) is 0 Å². The highest BCUT2D eigenvalue weighted by molar-refractivity contribution is 5.79. The summed E-state index contributed by atoms with van der Waals surface area (Å²) in [6, 6.07) is 13.4. The van der Waals surface area contributed by atoms with Gasteiger partial charge in [0.15, 0.2) is 0 Å². The fourth-order valence-corrected chi connectivity index (χ4v) is 5.94. The number of nitrogens with zero attached hydrogens (tertiary/aromatic N) is 2. The van der Waals surface area contributed by atoms with Crippen LogP contribution in [0.25, 0.3) is 5.57 Å². The number of nitrogens with one attached hydrogen (secondary N) is 1. The third-order valence-electron chi connectivity index (χ3n) is 8.28. The number of halogens is 3. The second-order valence-corrected chi connectivity index (χ2v) is 10.9. The number of aromatic nitrogens is 2. The van der Waals surface area contributed by atoms with Crippen LogP contribution in [-0.2, 0) is 35.8 Å². The lowest BCUT2D eigenvalue weighted by Crippen LogP contribution is -2.34. The summed E-state index contributed by atoms with van der Waals surface area (Å²) in [5.41, 5.74) is 3.95. The molecule has 0 atom stereocenters. The zero-order valence-electron chi connectivity index (χ0n) is 21.6. The first-order valence-corrected chi connectivity index (χ1v) is 13.6. The van der Waals surface area contributed by atoms with E-state index in [4.69, 9.17) is 4.98 Å². The molecule has 39 heavy (non-hydrogen) atoms. The van der Waals surface area contributed by atoms with Crippen molar-refractivity contribution in [2.45, 2.75) is 69.5 Å². The largest absolute Gasteiger partial charge is 0.416 e. The topological polar surface area (TPSA) is 66.1 Å². The molecule has 0 spiro atoms. The van der Waals surface area contributed by atoms with Gasteiger partial charge in [-0.05, 0) is 73.3 Å². The van der Waals surface area contributed by atoms with E-state index in [1.54, 1.807) is 4.90 Å². The van der Waals surface area contributed by atoms with E-state index in [9.17, 15) is 22.8 Å². The summed E-state index contributed by atoms with van der Waals surface area (Å²) < 4.78 is 39.3. The van der Waals surface area contributed by atoms with E-state index < -0.39 is 11.7 Å². The Morgan fingerprint density at radius 1 is 1.05 bits per heavy atom. The molecule has 2 heterocycles. The first-order valence-electron chi connectivity index (χ1n) is 13.6. The van der Waals surface area contributed by atoms with E-state index in [0.717, 1.165) is 37.8 Å². The molecule has 0 unspecified atom stereocenters. The standard InChI is InChI=1S/C31H30F3N3O2/c32-31(33,34)24-11-3-6-20(16-24)17-27(38)37-15-5-12-26-25(19-37)28(39)36-29(35-26)30(13-14-30)23-10-4-9-22(18-23)21-7-1-2-8-21/h3-4,6-7,9-11,16,18H,1-2,5,8,12-15,17,19H2,(H,35,36,39). The van der Waals surface area contributed by atoms with Gasteiger partial charge >= 0.3 is 6.18 Å². The van der Waals surface area contributed by atoms with Gasteiger partial charge in [0.25, 0.3) is 5.56 Å². The summed E-state index contributed by atoms with van der Waals surface area (Å²) in [5, 5.41) is 0. The third kappa shape index (κ3) is 5.04. The Kier molecular flexibility index (Phi) is 6.44. The van der Waals surface area contributed by atoms with Crippen molar-refractivity contribution in [1.82, 2.24) is 14.9 Å². The van der Waals surface area contributed by atoms with Crippen molar-refractivity contribution < 1.29 is 18.0 Å². The lowest BCUT2D eigenvalue weighted by Gasteiger charge is -2.21. The summed E-state index contributed by atoms with van der Waals surface area (Å²) in [6.45, 7) is 0.525. The van der Waals surface area contributed by atoms with Gasteiger partial charge in [0.2, 0.25) is 5.91 Å². The molecule has 3 aliphatic rings. The van der Waals surface area contributed by atoms with Gasteiger partial charge in [-0.3, -0.25) is 9.59 Å². The average molecular weight is 534 g/mol. The monoisotopic (exact) mass is 533 g/mol. The van der Waals surface area contributed by atoms with Crippen molar-refractivity contribution in [3.8, 4) is 0 Å². The highest BCUT2D eigenvalue weighted by Crippen LogP contribution is 2.52. The zero-order chi connectivity index (χ0) is 27.2. The van der Waals surface area contributed by atoms with Crippen LogP contribution in [0.3, 0.4) is 0 Å². The molecule has 1 N–H and O–H groups in total. The minimum Gasteiger partial charge on any atom is -0.338 e. The summed E-state index contributed by atoms with van der Waals surface area (Å²) >= 11 is 0. The Hall–Kier alpha value is -3.68. The number of alkyl halides is 3. The van der Waals surface area contributed by atoms with Gasteiger partial charge in [-0.15, -0.1) is 0 Å². The van der Waals surface area contributed by atoms with Crippen LogP contribution in [-0.4, -0.2) is 27.3 Å². The number of H-pyrrole nitrogens is 1. The quantitative estimate of drug-likeness (QED) is 0.441. The summed E-state index contributed by atoms with van der Waals surface area (Å²) in [4.78, 5) is 36.0. The number of rotatable bonds is 5. The maximum Gasteiger partial charge on any atom is 0.416 e. The maximum absolute atomic E-state index is 13.3. The highest BCUT2D eigenvalue weighted by atomic mass is 19.4. The molecule has 5 nitrogen and oxygen atoms in total. The van der Waals surface area contributed by atoms with Gasteiger partial charge in [0.1, 0.15) is 5.82 Å². The van der Waals surface area contributed by atoms with Gasteiger partial charge in [-0.1, -0.05) is 48.5 Å². The Morgan fingerprint density at radius 2 is 1.87 bits per heavy atom. The Balaban J connectivity index is 1.24. The van der Waals surface area contributed by atoms with Crippen LogP contribution in [0.4, 0.5) is 13.2 Å². The number of fused-ring (bicyclic) bond motifs is 1. The van der Waals surface area contributed by atoms with Crippen molar-refractivity contribution in [3.05, 3.63) is 104 Å². The molecule has 2 aromatic carbocycles. The number of carbonyl (C=O) groups excluding carboxylic acids is 1. The molecule has 1 fully saturated rings. The molecule has 1 aromatic heterocycles. The molecule has 0 bridgehead atoms. The number of carbonyl (C=O) groups is 1. The average Bonchev–Trinajstić information content (AvgIpc) is 3.61. The van der Waals surface area contributed by atoms with Gasteiger partial charge in [-0.2, -0.15) is 13.2 Å². The fourth-order valence-electron chi connectivity index (χ4n) is 5.94. The van der Waals surface area contributed by atoms with E-state index in [0.29, 0.717) is 42.0 Å². The molecular formula is C31H30F3N3O2. The Labute approximate surface area is 224 Å². The van der Waals surface area contributed by atoms with Gasteiger partial charge in [-0.25, -0.2) is 4.98 Å². The fraction of sp³-hybridized carbons (Fsp3) is 0.387. The van der Waals surface area contributed by atoms with Crippen LogP contribution in [0.15, 0.2) is 59.4 Å². The normalized spacial score (nSPS) is 18.3. The van der Waals surface area contributed by atoms with Crippen LogP contribution < -0.4 is 5.56 Å². The zero-order valence-corrected chi connectivity index (χ0v) is 21.6. The molecule has 3 aromatic rings. The molecule has 1 saturated carbocycles. The van der Waals surface area contributed by atoms with Crippen LogP contribution in [0.1, 0.15) is 77.9 Å². The predicted octanol–water partition coefficient (Wildman–Crippen LogP) is 5.95. The smallest absolute Gasteiger partial charge is 0.338 e. The number of hydrogen-bond acceptors (Lipinski definition) is 3. The molecule has 8 heteroatoms. The lowest BCUT2D eigenvalue weighted by molar-refractivity contribution is -0.138. The second kappa shape index (κ2) is 9.81. The van der Waals surface area contributed by atoms with E-state index >= 15 is 0 Å². The first-order chi connectivity index (χ1) is 18.7. The molecule has 1 amide bonds. The molecular weight excluding hydrogens is 503 g/mol. The Bertz CT molecular complexity index is 1520. The molecule has 202 valence electrons. The first kappa shape index (κ1) is 25.6. The van der Waals surface area contributed by atoms with Crippen LogP contribution in [0, 0.1) is 0 Å². The minimum absolute atomic E-state index is 0.104. The number of aromatic amines is 1. The number of amides is 1. The van der Waals surface area contributed by atoms with Crippen LogP contribution >= 0.6 is 0 Å². The second-order valence-electron chi connectivity index (χ2n) is 10.9. The minimum atomic E-state index is -4.47.